The molecule has 0 fully saturated rings. The van der Waals surface area contributed by atoms with Gasteiger partial charge in [0, 0.05) is 11.8 Å². The van der Waals surface area contributed by atoms with E-state index in [-0.39, 0.29) is 10.8 Å². The van der Waals surface area contributed by atoms with Gasteiger partial charge < -0.3 is 10.1 Å². The zero-order valence-electron chi connectivity index (χ0n) is 13.8. The van der Waals surface area contributed by atoms with Gasteiger partial charge in [-0.1, -0.05) is 41.9 Å². The monoisotopic (exact) mass is 370 g/mol. The number of nitrogens with one attached hydrogen (secondary N) is 2. The molecule has 132 valence electrons. The van der Waals surface area contributed by atoms with Crippen molar-refractivity contribution in [3.63, 3.8) is 0 Å². The number of ether oxygens (including phenoxy) is 1. The molecular weight excluding hydrogens is 356 g/mol. The number of nitrogens with zero attached hydrogens (tertiary/aromatic N) is 2. The number of aromatic nitrogens is 3. The minimum Gasteiger partial charge on any atom is -0.448 e. The van der Waals surface area contributed by atoms with Crippen molar-refractivity contribution in [1.82, 2.24) is 15.2 Å². The first-order valence-corrected chi connectivity index (χ1v) is 8.15. The SMILES string of the molecule is C[C@H](OC(=O)c1cc(-c2ccccc2)n[nH]1)C(=O)Nc1cccnc1Cl. The molecule has 0 aliphatic carbocycles. The van der Waals surface area contributed by atoms with Crippen molar-refractivity contribution in [2.75, 3.05) is 5.32 Å². The van der Waals surface area contributed by atoms with E-state index in [0.717, 1.165) is 5.56 Å². The summed E-state index contributed by atoms with van der Waals surface area (Å²) in [5.74, 6) is -1.20. The van der Waals surface area contributed by atoms with Crippen molar-refractivity contribution >= 4 is 29.2 Å². The highest BCUT2D eigenvalue weighted by Gasteiger charge is 2.21. The average Bonchev–Trinajstić information content (AvgIpc) is 3.14. The predicted molar refractivity (Wildman–Crippen MR) is 96.8 cm³/mol. The molecule has 2 N–H and O–H groups in total. The van der Waals surface area contributed by atoms with E-state index in [0.29, 0.717) is 11.4 Å². The standard InChI is InChI=1S/C18H15ClN4O3/c1-11(17(24)21-13-8-5-9-20-16(13)19)26-18(25)15-10-14(22-23-15)12-6-3-2-4-7-12/h2-11H,1H3,(H,21,24)(H,22,23)/t11-/m0/s1. The fourth-order valence-electron chi connectivity index (χ4n) is 2.17. The number of hydrogen-bond acceptors (Lipinski definition) is 5. The van der Waals surface area contributed by atoms with Crippen molar-refractivity contribution in [3.8, 4) is 11.3 Å². The Hall–Kier alpha value is -3.19. The van der Waals surface area contributed by atoms with Crippen LogP contribution in [0.4, 0.5) is 5.69 Å². The number of halogens is 1. The number of esters is 1. The molecule has 0 aliphatic rings. The maximum absolute atomic E-state index is 12.2. The van der Waals surface area contributed by atoms with E-state index in [9.17, 15) is 9.59 Å². The average molecular weight is 371 g/mol. The summed E-state index contributed by atoms with van der Waals surface area (Å²) >= 11 is 5.89. The topological polar surface area (TPSA) is 97.0 Å². The number of benzene rings is 1. The second kappa shape index (κ2) is 7.79. The summed E-state index contributed by atoms with van der Waals surface area (Å²) in [4.78, 5) is 28.2. The summed E-state index contributed by atoms with van der Waals surface area (Å²) in [6, 6.07) is 14.2. The van der Waals surface area contributed by atoms with Crippen molar-refractivity contribution in [1.29, 1.82) is 0 Å². The highest BCUT2D eigenvalue weighted by Crippen LogP contribution is 2.19. The third-order valence-electron chi connectivity index (χ3n) is 3.54. The van der Waals surface area contributed by atoms with Gasteiger partial charge in [-0.25, -0.2) is 9.78 Å². The summed E-state index contributed by atoms with van der Waals surface area (Å²) < 4.78 is 5.17. The van der Waals surface area contributed by atoms with Crippen LogP contribution in [0.2, 0.25) is 5.15 Å². The number of aromatic amines is 1. The van der Waals surface area contributed by atoms with Crippen LogP contribution >= 0.6 is 11.6 Å². The smallest absolute Gasteiger partial charge is 0.357 e. The predicted octanol–water partition coefficient (Wildman–Crippen LogP) is 3.31. The highest BCUT2D eigenvalue weighted by atomic mass is 35.5. The molecule has 7 nitrogen and oxygen atoms in total. The van der Waals surface area contributed by atoms with E-state index in [1.807, 2.05) is 30.3 Å². The number of H-pyrrole nitrogens is 1. The van der Waals surface area contributed by atoms with Gasteiger partial charge in [-0.3, -0.25) is 9.89 Å². The van der Waals surface area contributed by atoms with Crippen LogP contribution in [-0.4, -0.2) is 33.2 Å². The minimum absolute atomic E-state index is 0.153. The van der Waals surface area contributed by atoms with Crippen LogP contribution in [0.25, 0.3) is 11.3 Å². The van der Waals surface area contributed by atoms with Gasteiger partial charge in [0.2, 0.25) is 0 Å². The Morgan fingerprint density at radius 2 is 1.96 bits per heavy atom. The normalized spacial score (nSPS) is 11.6. The molecule has 0 unspecified atom stereocenters. The van der Waals surface area contributed by atoms with Crippen LogP contribution in [-0.2, 0) is 9.53 Å². The Morgan fingerprint density at radius 3 is 2.69 bits per heavy atom. The molecule has 0 saturated carbocycles. The molecule has 1 aromatic carbocycles. The number of pyridine rings is 1. The first-order valence-electron chi connectivity index (χ1n) is 7.78. The molecule has 1 atom stereocenters. The van der Waals surface area contributed by atoms with E-state index in [1.165, 1.54) is 13.1 Å². The quantitative estimate of drug-likeness (QED) is 0.530. The lowest BCUT2D eigenvalue weighted by Crippen LogP contribution is -2.30. The van der Waals surface area contributed by atoms with Gasteiger partial charge in [-0.05, 0) is 25.1 Å². The zero-order chi connectivity index (χ0) is 18.5. The Kier molecular flexibility index (Phi) is 5.28. The molecule has 2 aromatic heterocycles. The van der Waals surface area contributed by atoms with Crippen molar-refractivity contribution < 1.29 is 14.3 Å². The molecule has 0 saturated heterocycles. The van der Waals surface area contributed by atoms with Gasteiger partial charge in [-0.15, -0.1) is 0 Å². The summed E-state index contributed by atoms with van der Waals surface area (Å²) in [6.07, 6.45) is 0.478. The molecule has 2 heterocycles. The lowest BCUT2D eigenvalue weighted by molar-refractivity contribution is -0.123. The van der Waals surface area contributed by atoms with Gasteiger partial charge >= 0.3 is 5.97 Å². The number of anilines is 1. The Balaban J connectivity index is 1.63. The maximum atomic E-state index is 12.2. The van der Waals surface area contributed by atoms with Gasteiger partial charge in [0.1, 0.15) is 5.69 Å². The molecular formula is C18H15ClN4O3. The van der Waals surface area contributed by atoms with Crippen LogP contribution < -0.4 is 5.32 Å². The zero-order valence-corrected chi connectivity index (χ0v) is 14.5. The number of amides is 1. The second-order valence-electron chi connectivity index (χ2n) is 5.41. The largest absolute Gasteiger partial charge is 0.448 e. The Labute approximate surface area is 154 Å². The van der Waals surface area contributed by atoms with Gasteiger partial charge in [0.15, 0.2) is 11.3 Å². The molecule has 8 heteroatoms. The molecule has 3 rings (SSSR count). The third kappa shape index (κ3) is 4.07. The van der Waals surface area contributed by atoms with Crippen molar-refractivity contribution in [3.05, 3.63) is 65.6 Å². The summed E-state index contributed by atoms with van der Waals surface area (Å²) in [5.41, 5.74) is 1.97. The van der Waals surface area contributed by atoms with Gasteiger partial charge in [-0.2, -0.15) is 5.10 Å². The number of carbonyl (C=O) groups excluding carboxylic acids is 2. The number of hydrogen-bond donors (Lipinski definition) is 2. The first-order chi connectivity index (χ1) is 12.5. The molecule has 0 bridgehead atoms. The highest BCUT2D eigenvalue weighted by molar-refractivity contribution is 6.32. The molecule has 0 spiro atoms. The fraction of sp³-hybridized carbons (Fsp3) is 0.111. The van der Waals surface area contributed by atoms with Crippen LogP contribution in [0, 0.1) is 0 Å². The maximum Gasteiger partial charge on any atom is 0.357 e. The van der Waals surface area contributed by atoms with Crippen molar-refractivity contribution in [2.24, 2.45) is 0 Å². The van der Waals surface area contributed by atoms with Crippen LogP contribution in [0.1, 0.15) is 17.4 Å². The summed E-state index contributed by atoms with van der Waals surface area (Å²) in [6.45, 7) is 1.46. The fourth-order valence-corrected chi connectivity index (χ4v) is 2.34. The number of rotatable bonds is 5. The summed E-state index contributed by atoms with van der Waals surface area (Å²) in [7, 11) is 0. The lowest BCUT2D eigenvalue weighted by atomic mass is 10.1. The van der Waals surface area contributed by atoms with E-state index in [1.54, 1.807) is 18.2 Å². The molecule has 0 radical (unpaired) electrons. The van der Waals surface area contributed by atoms with Crippen molar-refractivity contribution in [2.45, 2.75) is 13.0 Å². The van der Waals surface area contributed by atoms with Gasteiger partial charge in [0.25, 0.3) is 5.91 Å². The Bertz CT molecular complexity index is 927. The third-order valence-corrected chi connectivity index (χ3v) is 3.84. The Morgan fingerprint density at radius 1 is 1.19 bits per heavy atom. The first kappa shape index (κ1) is 17.6. The van der Waals surface area contributed by atoms with E-state index in [2.05, 4.69) is 20.5 Å². The van der Waals surface area contributed by atoms with Gasteiger partial charge in [0.05, 0.1) is 11.4 Å². The molecule has 0 aliphatic heterocycles. The molecule has 1 amide bonds. The molecule has 26 heavy (non-hydrogen) atoms. The van der Waals surface area contributed by atoms with E-state index in [4.69, 9.17) is 16.3 Å². The van der Waals surface area contributed by atoms with E-state index < -0.39 is 18.0 Å². The lowest BCUT2D eigenvalue weighted by Gasteiger charge is -2.13. The minimum atomic E-state index is -1.03. The second-order valence-corrected chi connectivity index (χ2v) is 5.77. The van der Waals surface area contributed by atoms with E-state index >= 15 is 0 Å². The van der Waals surface area contributed by atoms with Crippen LogP contribution in [0.3, 0.4) is 0 Å². The van der Waals surface area contributed by atoms with Crippen LogP contribution in [0.5, 0.6) is 0 Å². The van der Waals surface area contributed by atoms with Crippen LogP contribution in [0.15, 0.2) is 54.7 Å². The molecule has 3 aromatic rings. The number of carbonyl (C=O) groups is 2. The summed E-state index contributed by atoms with van der Waals surface area (Å²) in [5, 5.41) is 9.42.